The van der Waals surface area contributed by atoms with Crippen molar-refractivity contribution in [3.05, 3.63) is 30.3 Å². The summed E-state index contributed by atoms with van der Waals surface area (Å²) in [5, 5.41) is 4.56. The molecule has 1 atom stereocenters. The number of hydrogen-bond donors (Lipinski definition) is 1. The lowest BCUT2D eigenvalue weighted by Gasteiger charge is -2.04. The van der Waals surface area contributed by atoms with Crippen LogP contribution in [0.1, 0.15) is 24.6 Å². The van der Waals surface area contributed by atoms with Gasteiger partial charge in [-0.15, -0.1) is 0 Å². The van der Waals surface area contributed by atoms with Crippen LogP contribution in [-0.2, 0) is 0 Å². The molecule has 3 heteroatoms. The van der Waals surface area contributed by atoms with Crippen molar-refractivity contribution >= 4 is 11.0 Å². The molecule has 0 amide bonds. The molecule has 1 aliphatic heterocycles. The molecule has 0 spiro atoms. The molecule has 0 aromatic carbocycles. The maximum absolute atomic E-state index is 5.73. The van der Waals surface area contributed by atoms with Crippen LogP contribution < -0.4 is 5.32 Å². The molecule has 3 rings (SSSR count). The Morgan fingerprint density at radius 3 is 3.29 bits per heavy atom. The van der Waals surface area contributed by atoms with E-state index in [1.54, 1.807) is 12.4 Å². The average molecular weight is 188 g/mol. The highest BCUT2D eigenvalue weighted by Gasteiger charge is 2.19. The van der Waals surface area contributed by atoms with E-state index in [0.717, 1.165) is 23.3 Å². The Kier molecular flexibility index (Phi) is 1.77. The summed E-state index contributed by atoms with van der Waals surface area (Å²) in [5.74, 6) is 1.05. The topological polar surface area (TPSA) is 38.1 Å². The van der Waals surface area contributed by atoms with Crippen LogP contribution in [0, 0.1) is 0 Å². The second kappa shape index (κ2) is 3.10. The Bertz CT molecular complexity index is 410. The lowest BCUT2D eigenvalue weighted by atomic mass is 10.2. The average Bonchev–Trinajstić information content (AvgIpc) is 2.86. The highest BCUT2D eigenvalue weighted by molar-refractivity contribution is 5.76. The van der Waals surface area contributed by atoms with Crippen LogP contribution >= 0.6 is 0 Å². The molecule has 2 aromatic rings. The van der Waals surface area contributed by atoms with Gasteiger partial charge in [-0.05, 0) is 31.5 Å². The number of hydrogen-bond acceptors (Lipinski definition) is 3. The molecule has 0 radical (unpaired) electrons. The molecule has 1 saturated heterocycles. The lowest BCUT2D eigenvalue weighted by Crippen LogP contribution is -2.11. The van der Waals surface area contributed by atoms with E-state index in [2.05, 4.69) is 16.4 Å². The first kappa shape index (κ1) is 8.00. The second-order valence-electron chi connectivity index (χ2n) is 3.71. The highest BCUT2D eigenvalue weighted by atomic mass is 16.3. The van der Waals surface area contributed by atoms with E-state index in [-0.39, 0.29) is 0 Å². The van der Waals surface area contributed by atoms with Gasteiger partial charge in [-0.1, -0.05) is 0 Å². The van der Waals surface area contributed by atoms with Crippen LogP contribution in [-0.4, -0.2) is 11.5 Å². The van der Waals surface area contributed by atoms with Gasteiger partial charge in [0.25, 0.3) is 0 Å². The Labute approximate surface area is 82.1 Å². The third-order valence-corrected chi connectivity index (χ3v) is 2.75. The zero-order valence-corrected chi connectivity index (χ0v) is 7.86. The van der Waals surface area contributed by atoms with E-state index < -0.39 is 0 Å². The quantitative estimate of drug-likeness (QED) is 0.745. The molecule has 0 aliphatic carbocycles. The molecule has 72 valence electrons. The van der Waals surface area contributed by atoms with Gasteiger partial charge in [-0.2, -0.15) is 0 Å². The minimum Gasteiger partial charge on any atom is -0.458 e. The van der Waals surface area contributed by atoms with Crippen molar-refractivity contribution in [2.24, 2.45) is 0 Å². The van der Waals surface area contributed by atoms with Gasteiger partial charge in [0.1, 0.15) is 5.76 Å². The minimum absolute atomic E-state index is 0.405. The van der Waals surface area contributed by atoms with Crippen molar-refractivity contribution in [3.8, 4) is 0 Å². The predicted molar refractivity (Wildman–Crippen MR) is 54.0 cm³/mol. The van der Waals surface area contributed by atoms with Crippen molar-refractivity contribution < 1.29 is 4.42 Å². The molecule has 0 unspecified atom stereocenters. The molecule has 3 heterocycles. The maximum Gasteiger partial charge on any atom is 0.152 e. The van der Waals surface area contributed by atoms with E-state index in [1.807, 2.05) is 6.07 Å². The summed E-state index contributed by atoms with van der Waals surface area (Å²) in [4.78, 5) is 4.04. The van der Waals surface area contributed by atoms with Gasteiger partial charge in [0, 0.05) is 11.6 Å². The lowest BCUT2D eigenvalue weighted by molar-refractivity contribution is 0.470. The molecule has 2 aromatic heterocycles. The zero-order chi connectivity index (χ0) is 9.38. The maximum atomic E-state index is 5.73. The smallest absolute Gasteiger partial charge is 0.152 e. The zero-order valence-electron chi connectivity index (χ0n) is 7.86. The minimum atomic E-state index is 0.405. The monoisotopic (exact) mass is 188 g/mol. The first-order valence-corrected chi connectivity index (χ1v) is 5.00. The van der Waals surface area contributed by atoms with Crippen LogP contribution in [0.15, 0.2) is 28.9 Å². The number of fused-ring (bicyclic) bond motifs is 1. The molecular formula is C11H12N2O. The van der Waals surface area contributed by atoms with E-state index in [9.17, 15) is 0 Å². The third-order valence-electron chi connectivity index (χ3n) is 2.75. The third kappa shape index (κ3) is 1.21. The van der Waals surface area contributed by atoms with E-state index in [4.69, 9.17) is 4.42 Å². The first-order valence-electron chi connectivity index (χ1n) is 5.00. The Morgan fingerprint density at radius 1 is 1.50 bits per heavy atom. The van der Waals surface area contributed by atoms with Crippen LogP contribution in [0.25, 0.3) is 11.0 Å². The molecule has 1 fully saturated rings. The number of nitrogens with one attached hydrogen (secondary N) is 1. The number of aromatic nitrogens is 1. The van der Waals surface area contributed by atoms with Gasteiger partial charge in [0.2, 0.25) is 0 Å². The summed E-state index contributed by atoms with van der Waals surface area (Å²) in [5.41, 5.74) is 0.885. The number of nitrogens with zero attached hydrogens (tertiary/aromatic N) is 1. The second-order valence-corrected chi connectivity index (χ2v) is 3.71. The SMILES string of the molecule is c1cc2cc([C@H]3CCCN3)oc2cn1. The predicted octanol–water partition coefficient (Wildman–Crippen LogP) is 2.25. The molecule has 1 aliphatic rings. The van der Waals surface area contributed by atoms with Crippen molar-refractivity contribution in [2.45, 2.75) is 18.9 Å². The summed E-state index contributed by atoms with van der Waals surface area (Å²) in [6.07, 6.45) is 5.98. The standard InChI is InChI=1S/C11H12N2O/c1-2-9(13-4-1)10-6-8-3-5-12-7-11(8)14-10/h3,5-7,9,13H,1-2,4H2/t9-/m1/s1. The highest BCUT2D eigenvalue weighted by Crippen LogP contribution is 2.28. The van der Waals surface area contributed by atoms with Gasteiger partial charge in [-0.3, -0.25) is 4.98 Å². The Hall–Kier alpha value is -1.35. The summed E-state index contributed by atoms with van der Waals surface area (Å²) < 4.78 is 5.73. The van der Waals surface area contributed by atoms with Crippen molar-refractivity contribution in [3.63, 3.8) is 0 Å². The summed E-state index contributed by atoms with van der Waals surface area (Å²) in [6.45, 7) is 1.10. The van der Waals surface area contributed by atoms with Gasteiger partial charge < -0.3 is 9.73 Å². The van der Waals surface area contributed by atoms with Gasteiger partial charge in [0.05, 0.1) is 12.2 Å². The number of pyridine rings is 1. The summed E-state index contributed by atoms with van der Waals surface area (Å²) >= 11 is 0. The molecule has 14 heavy (non-hydrogen) atoms. The number of rotatable bonds is 1. The Balaban J connectivity index is 2.05. The first-order chi connectivity index (χ1) is 6.93. The number of furan rings is 1. The van der Waals surface area contributed by atoms with Gasteiger partial charge in [0.15, 0.2) is 5.58 Å². The molecular weight excluding hydrogens is 176 g/mol. The Morgan fingerprint density at radius 2 is 2.50 bits per heavy atom. The fourth-order valence-electron chi connectivity index (χ4n) is 2.00. The normalized spacial score (nSPS) is 21.9. The van der Waals surface area contributed by atoms with E-state index in [0.29, 0.717) is 6.04 Å². The van der Waals surface area contributed by atoms with Crippen molar-refractivity contribution in [1.82, 2.24) is 10.3 Å². The fraction of sp³-hybridized carbons (Fsp3) is 0.364. The van der Waals surface area contributed by atoms with Crippen LogP contribution in [0.3, 0.4) is 0 Å². The molecule has 0 bridgehead atoms. The van der Waals surface area contributed by atoms with Gasteiger partial charge in [-0.25, -0.2) is 0 Å². The van der Waals surface area contributed by atoms with Crippen molar-refractivity contribution in [1.29, 1.82) is 0 Å². The van der Waals surface area contributed by atoms with E-state index in [1.165, 1.54) is 12.8 Å². The molecule has 0 saturated carbocycles. The van der Waals surface area contributed by atoms with E-state index >= 15 is 0 Å². The molecule has 3 nitrogen and oxygen atoms in total. The molecule has 1 N–H and O–H groups in total. The van der Waals surface area contributed by atoms with Gasteiger partial charge >= 0.3 is 0 Å². The summed E-state index contributed by atoms with van der Waals surface area (Å²) in [7, 11) is 0. The van der Waals surface area contributed by atoms with Crippen molar-refractivity contribution in [2.75, 3.05) is 6.54 Å². The van der Waals surface area contributed by atoms with Crippen LogP contribution in [0.2, 0.25) is 0 Å². The largest absolute Gasteiger partial charge is 0.458 e. The van der Waals surface area contributed by atoms with Crippen LogP contribution in [0.5, 0.6) is 0 Å². The summed E-state index contributed by atoms with van der Waals surface area (Å²) in [6, 6.07) is 4.50. The van der Waals surface area contributed by atoms with Crippen LogP contribution in [0.4, 0.5) is 0 Å². The fourth-order valence-corrected chi connectivity index (χ4v) is 2.00.